The summed E-state index contributed by atoms with van der Waals surface area (Å²) in [4.78, 5) is 12.1. The summed E-state index contributed by atoms with van der Waals surface area (Å²) in [6.45, 7) is 0. The van der Waals surface area contributed by atoms with Crippen molar-refractivity contribution in [1.82, 2.24) is 0 Å². The summed E-state index contributed by atoms with van der Waals surface area (Å²) in [5.41, 5.74) is 1.20. The molecule has 0 aliphatic rings. The molecule has 0 atom stereocenters. The fourth-order valence-electron chi connectivity index (χ4n) is 2.25. The van der Waals surface area contributed by atoms with Crippen LogP contribution in [0.15, 0.2) is 65.6 Å². The van der Waals surface area contributed by atoms with E-state index in [4.69, 9.17) is 0 Å². The van der Waals surface area contributed by atoms with Crippen LogP contribution in [0.5, 0.6) is 0 Å². The first kappa shape index (κ1) is 16.4. The van der Waals surface area contributed by atoms with Gasteiger partial charge < -0.3 is 0 Å². The molecular formula is C18H20O3S. The van der Waals surface area contributed by atoms with Crippen molar-refractivity contribution in [2.75, 3.05) is 5.75 Å². The van der Waals surface area contributed by atoms with Crippen LogP contribution in [0.2, 0.25) is 0 Å². The molecule has 2 aromatic carbocycles. The Hall–Kier alpha value is -1.94. The van der Waals surface area contributed by atoms with Crippen molar-refractivity contribution in [3.8, 4) is 0 Å². The Labute approximate surface area is 131 Å². The van der Waals surface area contributed by atoms with Crippen LogP contribution in [0, 0.1) is 0 Å². The second kappa shape index (κ2) is 7.90. The molecule has 0 aromatic heterocycles. The number of benzene rings is 2. The molecule has 0 radical (unpaired) electrons. The Morgan fingerprint density at radius 3 is 2.05 bits per heavy atom. The molecule has 0 aliphatic carbocycles. The quantitative estimate of drug-likeness (QED) is 0.749. The predicted octanol–water partition coefficient (Wildman–Crippen LogP) is 3.44. The van der Waals surface area contributed by atoms with Crippen molar-refractivity contribution in [3.63, 3.8) is 0 Å². The molecule has 0 N–H and O–H groups in total. The highest BCUT2D eigenvalue weighted by Gasteiger charge is 2.15. The summed E-state index contributed by atoms with van der Waals surface area (Å²) in [6, 6.07) is 18.3. The fraction of sp³-hybridized carbons (Fsp3) is 0.278. The number of aryl methyl sites for hydroxylation is 1. The minimum absolute atomic E-state index is 0.00966. The van der Waals surface area contributed by atoms with E-state index in [2.05, 4.69) is 0 Å². The number of ketones is 1. The van der Waals surface area contributed by atoms with Crippen molar-refractivity contribution in [2.45, 2.75) is 30.6 Å². The molecular weight excluding hydrogens is 296 g/mol. The largest absolute Gasteiger partial charge is 0.300 e. The minimum Gasteiger partial charge on any atom is -0.300 e. The lowest BCUT2D eigenvalue weighted by molar-refractivity contribution is -0.118. The number of sulfone groups is 1. The Bertz CT molecular complexity index is 692. The zero-order valence-electron chi connectivity index (χ0n) is 12.4. The van der Waals surface area contributed by atoms with Gasteiger partial charge in [-0.1, -0.05) is 48.5 Å². The van der Waals surface area contributed by atoms with Gasteiger partial charge in [-0.25, -0.2) is 8.42 Å². The highest BCUT2D eigenvalue weighted by molar-refractivity contribution is 7.91. The van der Waals surface area contributed by atoms with Gasteiger partial charge in [0, 0.05) is 12.8 Å². The minimum atomic E-state index is -3.35. The predicted molar refractivity (Wildman–Crippen MR) is 87.5 cm³/mol. The average molecular weight is 316 g/mol. The van der Waals surface area contributed by atoms with Crippen LogP contribution < -0.4 is 0 Å². The van der Waals surface area contributed by atoms with Crippen molar-refractivity contribution < 1.29 is 13.2 Å². The van der Waals surface area contributed by atoms with E-state index in [0.29, 0.717) is 6.42 Å². The van der Waals surface area contributed by atoms with Gasteiger partial charge in [0.05, 0.1) is 10.6 Å². The number of rotatable bonds is 8. The maximum absolute atomic E-state index is 12.1. The zero-order chi connectivity index (χ0) is 15.8. The summed E-state index contributed by atoms with van der Waals surface area (Å²) >= 11 is 0. The molecule has 4 heteroatoms. The lowest BCUT2D eigenvalue weighted by Crippen LogP contribution is -2.11. The van der Waals surface area contributed by atoms with E-state index < -0.39 is 9.84 Å². The summed E-state index contributed by atoms with van der Waals surface area (Å²) in [7, 11) is -3.35. The van der Waals surface area contributed by atoms with Crippen molar-refractivity contribution in [3.05, 3.63) is 66.2 Å². The average Bonchev–Trinajstić information content (AvgIpc) is 2.55. The molecule has 0 fully saturated rings. The summed E-state index contributed by atoms with van der Waals surface area (Å²) < 4.78 is 24.2. The van der Waals surface area contributed by atoms with Crippen LogP contribution in [0.4, 0.5) is 0 Å². The molecule has 0 unspecified atom stereocenters. The Balaban J connectivity index is 1.76. The maximum atomic E-state index is 12.1. The van der Waals surface area contributed by atoms with E-state index >= 15 is 0 Å². The monoisotopic (exact) mass is 316 g/mol. The molecule has 0 bridgehead atoms. The first-order valence-corrected chi connectivity index (χ1v) is 9.06. The van der Waals surface area contributed by atoms with Gasteiger partial charge >= 0.3 is 0 Å². The number of hydrogen-bond donors (Lipinski definition) is 0. The first-order valence-electron chi connectivity index (χ1n) is 7.41. The van der Waals surface area contributed by atoms with Crippen LogP contribution in [0.1, 0.15) is 24.8 Å². The molecule has 0 saturated carbocycles. The standard InChI is InChI=1S/C18H20O3S/c19-17(11-7-10-16-8-3-1-4-9-16)14-15-22(20,21)18-12-5-2-6-13-18/h1-6,8-9,12-13H,7,10-11,14-15H2. The van der Waals surface area contributed by atoms with Crippen LogP contribution in [0.3, 0.4) is 0 Å². The third-order valence-electron chi connectivity index (χ3n) is 3.52. The second-order valence-electron chi connectivity index (χ2n) is 5.26. The molecule has 0 spiro atoms. The van der Waals surface area contributed by atoms with Gasteiger partial charge in [0.1, 0.15) is 5.78 Å². The third kappa shape index (κ3) is 5.11. The molecule has 2 aromatic rings. The SMILES string of the molecule is O=C(CCCc1ccccc1)CCS(=O)(=O)c1ccccc1. The number of Topliss-reactive ketones (excluding diaryl/α,β-unsaturated/α-hetero) is 1. The normalized spacial score (nSPS) is 11.3. The Morgan fingerprint density at radius 2 is 1.41 bits per heavy atom. The van der Waals surface area contributed by atoms with Gasteiger partial charge in [-0.15, -0.1) is 0 Å². The first-order chi connectivity index (χ1) is 10.6. The third-order valence-corrected chi connectivity index (χ3v) is 5.25. The molecule has 116 valence electrons. The second-order valence-corrected chi connectivity index (χ2v) is 7.37. The van der Waals surface area contributed by atoms with Crippen LogP contribution >= 0.6 is 0 Å². The van der Waals surface area contributed by atoms with Crippen LogP contribution in [-0.4, -0.2) is 20.0 Å². The van der Waals surface area contributed by atoms with Gasteiger partial charge in [0.15, 0.2) is 9.84 Å². The molecule has 2 rings (SSSR count). The van der Waals surface area contributed by atoms with E-state index in [9.17, 15) is 13.2 Å². The van der Waals surface area contributed by atoms with E-state index in [1.54, 1.807) is 30.3 Å². The van der Waals surface area contributed by atoms with Crippen molar-refractivity contribution >= 4 is 15.6 Å². The van der Waals surface area contributed by atoms with Crippen molar-refractivity contribution in [1.29, 1.82) is 0 Å². The summed E-state index contributed by atoms with van der Waals surface area (Å²) in [5, 5.41) is 0. The van der Waals surface area contributed by atoms with E-state index in [1.807, 2.05) is 30.3 Å². The molecule has 3 nitrogen and oxygen atoms in total. The molecule has 22 heavy (non-hydrogen) atoms. The fourth-order valence-corrected chi connectivity index (χ4v) is 3.56. The van der Waals surface area contributed by atoms with Crippen molar-refractivity contribution in [2.24, 2.45) is 0 Å². The highest BCUT2D eigenvalue weighted by Crippen LogP contribution is 2.12. The van der Waals surface area contributed by atoms with Crippen LogP contribution in [-0.2, 0) is 21.1 Å². The van der Waals surface area contributed by atoms with E-state index in [-0.39, 0.29) is 22.9 Å². The zero-order valence-corrected chi connectivity index (χ0v) is 13.3. The van der Waals surface area contributed by atoms with Gasteiger partial charge in [-0.3, -0.25) is 4.79 Å². The number of carbonyl (C=O) groups excluding carboxylic acids is 1. The van der Waals surface area contributed by atoms with E-state index in [1.165, 1.54) is 5.56 Å². The lowest BCUT2D eigenvalue weighted by Gasteiger charge is -2.04. The Kier molecular flexibility index (Phi) is 5.90. The lowest BCUT2D eigenvalue weighted by atomic mass is 10.1. The summed E-state index contributed by atoms with van der Waals surface area (Å²) in [6.07, 6.45) is 2.12. The highest BCUT2D eigenvalue weighted by atomic mass is 32.2. The number of carbonyl (C=O) groups is 1. The number of hydrogen-bond acceptors (Lipinski definition) is 3. The van der Waals surface area contributed by atoms with Gasteiger partial charge in [-0.05, 0) is 30.5 Å². The molecule has 0 heterocycles. The topological polar surface area (TPSA) is 51.2 Å². The Morgan fingerprint density at radius 1 is 0.818 bits per heavy atom. The molecule has 0 aliphatic heterocycles. The van der Waals surface area contributed by atoms with Crippen LogP contribution in [0.25, 0.3) is 0 Å². The van der Waals surface area contributed by atoms with Gasteiger partial charge in [0.2, 0.25) is 0 Å². The van der Waals surface area contributed by atoms with Gasteiger partial charge in [0.25, 0.3) is 0 Å². The molecule has 0 saturated heterocycles. The summed E-state index contributed by atoms with van der Waals surface area (Å²) in [5.74, 6) is -0.100. The smallest absolute Gasteiger partial charge is 0.178 e. The van der Waals surface area contributed by atoms with Gasteiger partial charge in [-0.2, -0.15) is 0 Å². The molecule has 0 amide bonds. The van der Waals surface area contributed by atoms with E-state index in [0.717, 1.165) is 12.8 Å². The maximum Gasteiger partial charge on any atom is 0.178 e.